The number of rotatable bonds is 18. The molecule has 9 nitrogen and oxygen atoms in total. The van der Waals surface area contributed by atoms with Crippen LogP contribution in [0.25, 0.3) is 0 Å². The first-order valence-corrected chi connectivity index (χ1v) is 20.2. The van der Waals surface area contributed by atoms with E-state index in [0.717, 1.165) is 21.6 Å². The second kappa shape index (κ2) is 19.8. The van der Waals surface area contributed by atoms with E-state index < -0.39 is 44.3 Å². The Bertz CT molecular complexity index is 1840. The molecule has 57 heavy (non-hydrogen) atoms. The molecule has 1 aliphatic carbocycles. The van der Waals surface area contributed by atoms with Gasteiger partial charge in [0.15, 0.2) is 0 Å². The Morgan fingerprint density at radius 2 is 1.30 bits per heavy atom. The number of amides is 1. The molecule has 1 aliphatic rings. The lowest BCUT2D eigenvalue weighted by molar-refractivity contribution is -0.171. The number of nitrogens with zero attached hydrogens (tertiary/aromatic N) is 3. The molecule has 1 saturated carbocycles. The third-order valence-corrected chi connectivity index (χ3v) is 12.2. The van der Waals surface area contributed by atoms with Crippen molar-refractivity contribution in [3.8, 4) is 17.6 Å². The van der Waals surface area contributed by atoms with Crippen LogP contribution in [0.15, 0.2) is 109 Å². The summed E-state index contributed by atoms with van der Waals surface area (Å²) in [5, 5.41) is 9.33. The minimum atomic E-state index is -5.12. The minimum absolute atomic E-state index is 0.0198. The Morgan fingerprint density at radius 3 is 1.77 bits per heavy atom. The molecule has 1 fully saturated rings. The van der Waals surface area contributed by atoms with Crippen molar-refractivity contribution in [2.45, 2.75) is 83.0 Å². The zero-order valence-corrected chi connectivity index (χ0v) is 34.1. The Hall–Kier alpha value is -4.50. The van der Waals surface area contributed by atoms with Crippen LogP contribution in [0.4, 0.5) is 18.9 Å². The molecule has 304 valence electrons. The van der Waals surface area contributed by atoms with E-state index in [1.807, 2.05) is 107 Å². The number of ether oxygens (including phenoxy) is 3. The molecule has 0 spiro atoms. The van der Waals surface area contributed by atoms with Crippen molar-refractivity contribution in [1.82, 2.24) is 4.67 Å². The quantitative estimate of drug-likeness (QED) is 0.0558. The first-order valence-electron chi connectivity index (χ1n) is 19.0. The number of hydrogen-bond donors (Lipinski definition) is 0. The van der Waals surface area contributed by atoms with E-state index in [1.54, 1.807) is 32.4 Å². The highest BCUT2D eigenvalue weighted by atomic mass is 31.2. The summed E-state index contributed by atoms with van der Waals surface area (Å²) < 4.78 is 76.6. The number of benzene rings is 4. The summed E-state index contributed by atoms with van der Waals surface area (Å²) >= 11 is 0. The van der Waals surface area contributed by atoms with Crippen LogP contribution in [0.2, 0.25) is 0 Å². The topological polar surface area (TPSA) is 93.5 Å². The molecule has 0 aromatic heterocycles. The van der Waals surface area contributed by atoms with Crippen LogP contribution in [0.5, 0.6) is 11.5 Å². The van der Waals surface area contributed by atoms with Gasteiger partial charge in [0.1, 0.15) is 17.1 Å². The molecule has 1 amide bonds. The summed E-state index contributed by atoms with van der Waals surface area (Å²) in [6, 6.07) is 34.0. The third kappa shape index (κ3) is 10.3. The van der Waals surface area contributed by atoms with Gasteiger partial charge in [0.25, 0.3) is 8.53 Å². The van der Waals surface area contributed by atoms with E-state index in [4.69, 9.17) is 23.3 Å². The van der Waals surface area contributed by atoms with Crippen LogP contribution in [0.1, 0.15) is 63.6 Å². The van der Waals surface area contributed by atoms with E-state index in [0.29, 0.717) is 11.5 Å². The molecule has 0 radical (unpaired) electrons. The van der Waals surface area contributed by atoms with Crippen molar-refractivity contribution >= 4 is 20.1 Å². The Balaban J connectivity index is 1.63. The van der Waals surface area contributed by atoms with Gasteiger partial charge in [0.05, 0.1) is 46.0 Å². The van der Waals surface area contributed by atoms with Gasteiger partial charge in [0.2, 0.25) is 0 Å². The third-order valence-electron chi connectivity index (χ3n) is 10.0. The first kappa shape index (κ1) is 43.6. The van der Waals surface area contributed by atoms with Crippen LogP contribution in [-0.2, 0) is 24.2 Å². The van der Waals surface area contributed by atoms with Crippen LogP contribution < -0.4 is 14.4 Å². The van der Waals surface area contributed by atoms with Crippen molar-refractivity contribution < 1.29 is 41.2 Å². The number of anilines is 1. The highest BCUT2D eigenvalue weighted by Gasteiger charge is 2.50. The van der Waals surface area contributed by atoms with Crippen molar-refractivity contribution in [3.63, 3.8) is 0 Å². The number of para-hydroxylation sites is 1. The highest BCUT2D eigenvalue weighted by molar-refractivity contribution is 7.44. The summed E-state index contributed by atoms with van der Waals surface area (Å²) in [5.41, 5.74) is 1.33. The number of methoxy groups -OCH3 is 2. The van der Waals surface area contributed by atoms with Crippen molar-refractivity contribution in [2.75, 3.05) is 32.3 Å². The number of carbonyl (C=O) groups is 1. The van der Waals surface area contributed by atoms with Gasteiger partial charge in [-0.1, -0.05) is 72.8 Å². The zero-order valence-electron chi connectivity index (χ0n) is 33.2. The van der Waals surface area contributed by atoms with E-state index in [2.05, 4.69) is 10.7 Å². The molecule has 4 aromatic carbocycles. The minimum Gasteiger partial charge on any atom is -0.497 e. The Kier molecular flexibility index (Phi) is 15.1. The van der Waals surface area contributed by atoms with E-state index in [-0.39, 0.29) is 50.2 Å². The molecule has 5 rings (SSSR count). The van der Waals surface area contributed by atoms with Gasteiger partial charge in [-0.2, -0.15) is 18.4 Å². The highest BCUT2D eigenvalue weighted by Crippen LogP contribution is 2.52. The summed E-state index contributed by atoms with van der Waals surface area (Å²) in [6.45, 7) is 8.21. The summed E-state index contributed by atoms with van der Waals surface area (Å²) in [5.74, 6) is -1.15. The molecule has 0 aliphatic heterocycles. The number of hydrogen-bond acceptors (Lipinski definition) is 8. The predicted octanol–water partition coefficient (Wildman–Crippen LogP) is 10.0. The summed E-state index contributed by atoms with van der Waals surface area (Å²) in [7, 11) is 1.40. The van der Waals surface area contributed by atoms with Gasteiger partial charge < -0.3 is 28.2 Å². The number of carbonyl (C=O) groups excluding carboxylic acids is 1. The van der Waals surface area contributed by atoms with Crippen LogP contribution in [0, 0.1) is 17.2 Å². The normalized spacial score (nSPS) is 17.8. The average molecular weight is 806 g/mol. The van der Waals surface area contributed by atoms with E-state index in [9.17, 15) is 23.2 Å². The molecular formula is C44H51F3N3O6P. The molecule has 0 N–H and O–H groups in total. The van der Waals surface area contributed by atoms with Gasteiger partial charge in [-0.25, -0.2) is 4.67 Å². The zero-order chi connectivity index (χ0) is 41.2. The lowest BCUT2D eigenvalue weighted by Crippen LogP contribution is -2.47. The molecule has 4 atom stereocenters. The number of alkyl halides is 3. The molecule has 4 aromatic rings. The second-order valence-electron chi connectivity index (χ2n) is 14.4. The lowest BCUT2D eigenvalue weighted by atomic mass is 9.79. The van der Waals surface area contributed by atoms with Crippen molar-refractivity contribution in [2.24, 2.45) is 5.92 Å². The van der Waals surface area contributed by atoms with Crippen LogP contribution in [0.3, 0.4) is 0 Å². The van der Waals surface area contributed by atoms with Crippen LogP contribution >= 0.6 is 8.53 Å². The average Bonchev–Trinajstić information content (AvgIpc) is 3.60. The maximum atomic E-state index is 14.4. The largest absolute Gasteiger partial charge is 0.497 e. The van der Waals surface area contributed by atoms with Crippen LogP contribution in [-0.4, -0.2) is 68.4 Å². The molecule has 0 heterocycles. The smallest absolute Gasteiger partial charge is 0.471 e. The monoisotopic (exact) mass is 805 g/mol. The van der Waals surface area contributed by atoms with Crippen molar-refractivity contribution in [3.05, 3.63) is 126 Å². The fraction of sp³-hybridized carbons (Fsp3) is 0.409. The fourth-order valence-electron chi connectivity index (χ4n) is 7.51. The van der Waals surface area contributed by atoms with Gasteiger partial charge in [-0.05, 0) is 93.6 Å². The molecule has 0 bridgehead atoms. The molecular weight excluding hydrogens is 754 g/mol. The molecule has 1 unspecified atom stereocenters. The maximum absolute atomic E-state index is 14.4. The van der Waals surface area contributed by atoms with E-state index >= 15 is 0 Å². The summed E-state index contributed by atoms with van der Waals surface area (Å²) in [4.78, 5) is 14.1. The number of nitriles is 1. The van der Waals surface area contributed by atoms with Gasteiger partial charge in [-0.15, -0.1) is 0 Å². The standard InChI is InChI=1S/C44H51F3N3O6P/c1-31(2)50(32(3)4)57(55-27-13-26-48)56-41-29-38(49(42(51)44(45,46)47)37-16-11-8-12-17-37)28-33(41)30-54-43(34-14-9-7-10-15-34,35-18-22-39(52-5)23-19-35)36-20-24-40(53-6)25-21-36/h7-12,14-25,31-33,38,41H,13,27-30H2,1-6H3/t33-,38+,41+,57?/m1/s1. The predicted molar refractivity (Wildman–Crippen MR) is 215 cm³/mol. The SMILES string of the molecule is COc1ccc(C(OC[C@H]2C[C@H](N(C(=O)C(F)(F)F)c3ccccc3)C[C@@H]2OP(OCCC#N)N(C(C)C)C(C)C)(c2ccccc2)c2ccc(OC)cc2)cc1. The number of halogens is 3. The van der Waals surface area contributed by atoms with Gasteiger partial charge in [0, 0.05) is 29.7 Å². The second-order valence-corrected chi connectivity index (χ2v) is 15.8. The van der Waals surface area contributed by atoms with Gasteiger partial charge >= 0.3 is 12.1 Å². The Labute approximate surface area is 335 Å². The lowest BCUT2D eigenvalue weighted by Gasteiger charge is -2.39. The maximum Gasteiger partial charge on any atom is 0.471 e. The Morgan fingerprint density at radius 1 is 0.789 bits per heavy atom. The molecule has 0 saturated heterocycles. The summed E-state index contributed by atoms with van der Waals surface area (Å²) in [6.07, 6.45) is -5.46. The fourth-order valence-corrected chi connectivity index (χ4v) is 9.30. The van der Waals surface area contributed by atoms with Crippen molar-refractivity contribution in [1.29, 1.82) is 5.26 Å². The molecule has 13 heteroatoms. The first-order chi connectivity index (χ1) is 27.3. The van der Waals surface area contributed by atoms with Gasteiger partial charge in [-0.3, -0.25) is 4.79 Å². The van der Waals surface area contributed by atoms with E-state index in [1.165, 1.54) is 12.1 Å².